The SMILES string of the molecule is COCCCN(Cc1cccc(C)c1)C[C@H](O)COCc1ccco1. The summed E-state index contributed by atoms with van der Waals surface area (Å²) in [4.78, 5) is 2.24. The minimum atomic E-state index is -0.540. The Hall–Kier alpha value is -1.66. The van der Waals surface area contributed by atoms with E-state index in [1.807, 2.05) is 12.1 Å². The number of hydrogen-bond donors (Lipinski definition) is 1. The van der Waals surface area contributed by atoms with E-state index in [1.54, 1.807) is 13.4 Å². The van der Waals surface area contributed by atoms with Gasteiger partial charge in [-0.2, -0.15) is 0 Å². The van der Waals surface area contributed by atoms with E-state index in [9.17, 15) is 5.11 Å². The molecule has 1 atom stereocenters. The molecule has 0 saturated carbocycles. The molecule has 1 aromatic heterocycles. The third-order valence-corrected chi connectivity index (χ3v) is 3.92. The van der Waals surface area contributed by atoms with Crippen molar-refractivity contribution in [3.05, 3.63) is 59.5 Å². The van der Waals surface area contributed by atoms with Crippen LogP contribution in [0.25, 0.3) is 0 Å². The van der Waals surface area contributed by atoms with Crippen LogP contribution in [0.3, 0.4) is 0 Å². The first-order valence-corrected chi connectivity index (χ1v) is 8.72. The molecular weight excluding hydrogens is 318 g/mol. The van der Waals surface area contributed by atoms with Gasteiger partial charge in [0, 0.05) is 33.4 Å². The summed E-state index contributed by atoms with van der Waals surface area (Å²) in [6.45, 7) is 5.72. The summed E-state index contributed by atoms with van der Waals surface area (Å²) in [5.41, 5.74) is 2.50. The van der Waals surface area contributed by atoms with Gasteiger partial charge in [0.05, 0.1) is 19.0 Å². The minimum absolute atomic E-state index is 0.287. The van der Waals surface area contributed by atoms with Crippen molar-refractivity contribution in [3.8, 4) is 0 Å². The lowest BCUT2D eigenvalue weighted by Gasteiger charge is -2.25. The van der Waals surface area contributed by atoms with Crippen LogP contribution in [0.1, 0.15) is 23.3 Å². The van der Waals surface area contributed by atoms with Crippen LogP contribution in [0.2, 0.25) is 0 Å². The number of furan rings is 1. The number of rotatable bonds is 12. The molecule has 1 aromatic carbocycles. The quantitative estimate of drug-likeness (QED) is 0.598. The summed E-state index contributed by atoms with van der Waals surface area (Å²) in [6, 6.07) is 12.2. The molecule has 5 heteroatoms. The zero-order chi connectivity index (χ0) is 17.9. The highest BCUT2D eigenvalue weighted by atomic mass is 16.5. The number of nitrogens with zero attached hydrogens (tertiary/aromatic N) is 1. The van der Waals surface area contributed by atoms with E-state index in [0.717, 1.165) is 31.9 Å². The van der Waals surface area contributed by atoms with Crippen molar-refractivity contribution < 1.29 is 19.0 Å². The fraction of sp³-hybridized carbons (Fsp3) is 0.500. The van der Waals surface area contributed by atoms with Crippen molar-refractivity contribution in [2.45, 2.75) is 32.6 Å². The highest BCUT2D eigenvalue weighted by Crippen LogP contribution is 2.10. The Morgan fingerprint density at radius 2 is 2.12 bits per heavy atom. The zero-order valence-electron chi connectivity index (χ0n) is 15.2. The lowest BCUT2D eigenvalue weighted by molar-refractivity contribution is 0.00281. The lowest BCUT2D eigenvalue weighted by atomic mass is 10.1. The molecule has 0 bridgehead atoms. The maximum Gasteiger partial charge on any atom is 0.129 e. The van der Waals surface area contributed by atoms with E-state index in [4.69, 9.17) is 13.9 Å². The van der Waals surface area contributed by atoms with Gasteiger partial charge in [0.25, 0.3) is 0 Å². The summed E-state index contributed by atoms with van der Waals surface area (Å²) in [7, 11) is 1.71. The predicted octanol–water partition coefficient (Wildman–Crippen LogP) is 3.00. The second-order valence-electron chi connectivity index (χ2n) is 6.32. The van der Waals surface area contributed by atoms with Crippen LogP contribution in [0, 0.1) is 6.92 Å². The van der Waals surface area contributed by atoms with Crippen LogP contribution in [0.15, 0.2) is 47.1 Å². The molecule has 0 spiro atoms. The van der Waals surface area contributed by atoms with Crippen LogP contribution in [0.5, 0.6) is 0 Å². The smallest absolute Gasteiger partial charge is 0.129 e. The summed E-state index contributed by atoms with van der Waals surface area (Å²) >= 11 is 0. The minimum Gasteiger partial charge on any atom is -0.467 e. The van der Waals surface area contributed by atoms with E-state index >= 15 is 0 Å². The van der Waals surface area contributed by atoms with Crippen molar-refractivity contribution in [1.82, 2.24) is 4.90 Å². The van der Waals surface area contributed by atoms with Crippen molar-refractivity contribution in [2.24, 2.45) is 0 Å². The lowest BCUT2D eigenvalue weighted by Crippen LogP contribution is -2.35. The average Bonchev–Trinajstić information content (AvgIpc) is 3.08. The van der Waals surface area contributed by atoms with Gasteiger partial charge < -0.3 is 19.0 Å². The number of aryl methyl sites for hydroxylation is 1. The van der Waals surface area contributed by atoms with E-state index in [0.29, 0.717) is 13.2 Å². The third-order valence-electron chi connectivity index (χ3n) is 3.92. The number of aliphatic hydroxyl groups excluding tert-OH is 1. The molecular formula is C20H29NO4. The molecule has 0 radical (unpaired) electrons. The highest BCUT2D eigenvalue weighted by Gasteiger charge is 2.13. The van der Waals surface area contributed by atoms with E-state index in [1.165, 1.54) is 11.1 Å². The molecule has 0 aliphatic heterocycles. The molecule has 0 aliphatic carbocycles. The van der Waals surface area contributed by atoms with Crippen molar-refractivity contribution >= 4 is 0 Å². The van der Waals surface area contributed by atoms with Gasteiger partial charge in [-0.25, -0.2) is 0 Å². The first-order valence-electron chi connectivity index (χ1n) is 8.72. The van der Waals surface area contributed by atoms with Gasteiger partial charge in [-0.15, -0.1) is 0 Å². The Bertz CT molecular complexity index is 585. The summed E-state index contributed by atoms with van der Waals surface area (Å²) < 4.78 is 15.9. The molecule has 0 unspecified atom stereocenters. The van der Waals surface area contributed by atoms with Crippen LogP contribution in [-0.2, 0) is 22.6 Å². The molecule has 1 N–H and O–H groups in total. The molecule has 1 heterocycles. The Kier molecular flexibility index (Phi) is 8.69. The Morgan fingerprint density at radius 1 is 1.24 bits per heavy atom. The van der Waals surface area contributed by atoms with E-state index in [2.05, 4.69) is 36.1 Å². The second kappa shape index (κ2) is 11.1. The van der Waals surface area contributed by atoms with Crippen molar-refractivity contribution in [2.75, 3.05) is 33.4 Å². The maximum atomic E-state index is 10.3. The average molecular weight is 347 g/mol. The first kappa shape index (κ1) is 19.7. The third kappa shape index (κ3) is 7.84. The van der Waals surface area contributed by atoms with Gasteiger partial charge in [-0.3, -0.25) is 4.90 Å². The fourth-order valence-electron chi connectivity index (χ4n) is 2.78. The van der Waals surface area contributed by atoms with Crippen LogP contribution >= 0.6 is 0 Å². The highest BCUT2D eigenvalue weighted by molar-refractivity contribution is 5.22. The van der Waals surface area contributed by atoms with Crippen LogP contribution in [0.4, 0.5) is 0 Å². The molecule has 0 fully saturated rings. The molecule has 2 rings (SSSR count). The number of aliphatic hydroxyl groups is 1. The molecule has 5 nitrogen and oxygen atoms in total. The van der Waals surface area contributed by atoms with E-state index in [-0.39, 0.29) is 6.61 Å². The summed E-state index contributed by atoms with van der Waals surface area (Å²) in [5, 5.41) is 10.3. The van der Waals surface area contributed by atoms with Crippen LogP contribution < -0.4 is 0 Å². The molecule has 0 saturated heterocycles. The maximum absolute atomic E-state index is 10.3. The molecule has 0 amide bonds. The van der Waals surface area contributed by atoms with Gasteiger partial charge in [0.2, 0.25) is 0 Å². The van der Waals surface area contributed by atoms with Gasteiger partial charge in [0.15, 0.2) is 0 Å². The predicted molar refractivity (Wildman–Crippen MR) is 97.3 cm³/mol. The van der Waals surface area contributed by atoms with Gasteiger partial charge in [0.1, 0.15) is 12.4 Å². The number of methoxy groups -OCH3 is 1. The topological polar surface area (TPSA) is 55.1 Å². The van der Waals surface area contributed by atoms with Gasteiger partial charge in [-0.05, 0) is 31.0 Å². The molecule has 25 heavy (non-hydrogen) atoms. The Labute approximate surface area is 150 Å². The second-order valence-corrected chi connectivity index (χ2v) is 6.32. The van der Waals surface area contributed by atoms with Crippen molar-refractivity contribution in [1.29, 1.82) is 0 Å². The first-order chi connectivity index (χ1) is 12.2. The summed E-state index contributed by atoms with van der Waals surface area (Å²) in [6.07, 6.45) is 2.01. The number of ether oxygens (including phenoxy) is 2. The van der Waals surface area contributed by atoms with E-state index < -0.39 is 6.10 Å². The fourth-order valence-corrected chi connectivity index (χ4v) is 2.78. The standard InChI is InChI=1S/C20H29NO4/c1-17-6-3-7-18(12-17)13-21(9-5-10-23-2)14-19(22)15-24-16-20-8-4-11-25-20/h3-4,6-8,11-12,19,22H,5,9-10,13-16H2,1-2H3/t19-/m0/s1. The number of benzene rings is 1. The normalized spacial score (nSPS) is 12.6. The van der Waals surface area contributed by atoms with Gasteiger partial charge >= 0.3 is 0 Å². The Morgan fingerprint density at radius 3 is 2.84 bits per heavy atom. The van der Waals surface area contributed by atoms with Crippen LogP contribution in [-0.4, -0.2) is 49.5 Å². The molecule has 0 aliphatic rings. The van der Waals surface area contributed by atoms with Crippen molar-refractivity contribution in [3.63, 3.8) is 0 Å². The molecule has 138 valence electrons. The van der Waals surface area contributed by atoms with Gasteiger partial charge in [-0.1, -0.05) is 29.8 Å². The largest absolute Gasteiger partial charge is 0.467 e. The summed E-state index contributed by atoms with van der Waals surface area (Å²) in [5.74, 6) is 0.768. The Balaban J connectivity index is 1.81. The number of hydrogen-bond acceptors (Lipinski definition) is 5. The monoisotopic (exact) mass is 347 g/mol. The zero-order valence-corrected chi connectivity index (χ0v) is 15.2. The molecule has 2 aromatic rings.